The molecule has 3 aromatic carbocycles. The molecule has 0 amide bonds. The van der Waals surface area contributed by atoms with Crippen molar-refractivity contribution in [2.24, 2.45) is 0 Å². The SMILES string of the molecule is Cc1ccc(OC(=O)c2ccccc2C2ON2S(=O)(=O)c2ccccc2)cc1.Cl. The second-order valence-electron chi connectivity index (χ2n) is 6.32. The van der Waals surface area contributed by atoms with Gasteiger partial charge in [-0.15, -0.1) is 12.4 Å². The van der Waals surface area contributed by atoms with Crippen LogP contribution in [0.3, 0.4) is 0 Å². The molecule has 6 nitrogen and oxygen atoms in total. The second-order valence-corrected chi connectivity index (χ2v) is 8.10. The molecule has 2 unspecified atom stereocenters. The first-order valence-corrected chi connectivity index (χ1v) is 10.0. The molecule has 150 valence electrons. The van der Waals surface area contributed by atoms with Crippen LogP contribution < -0.4 is 4.74 Å². The standard InChI is InChI=1S/C21H17NO5S.ClH/c1-15-11-13-16(14-12-15)26-21(23)19-10-6-5-9-18(19)20-22(27-20)28(24,25)17-7-3-2-4-8-17;/h2-14,20H,1H3;1H. The van der Waals surface area contributed by atoms with Crippen molar-refractivity contribution in [3.63, 3.8) is 0 Å². The van der Waals surface area contributed by atoms with Crippen LogP contribution in [0.5, 0.6) is 5.75 Å². The highest BCUT2D eigenvalue weighted by Crippen LogP contribution is 2.43. The Morgan fingerprint density at radius 1 is 0.931 bits per heavy atom. The molecule has 0 N–H and O–H groups in total. The summed E-state index contributed by atoms with van der Waals surface area (Å²) in [4.78, 5) is 18.1. The van der Waals surface area contributed by atoms with Gasteiger partial charge in [-0.1, -0.05) is 54.1 Å². The lowest BCUT2D eigenvalue weighted by Crippen LogP contribution is -2.15. The van der Waals surface area contributed by atoms with E-state index in [1.54, 1.807) is 54.6 Å². The number of hydroxylamine groups is 1. The van der Waals surface area contributed by atoms with Crippen molar-refractivity contribution in [3.05, 3.63) is 95.6 Å². The van der Waals surface area contributed by atoms with Gasteiger partial charge in [0.05, 0.1) is 10.5 Å². The van der Waals surface area contributed by atoms with Crippen LogP contribution in [0, 0.1) is 6.92 Å². The summed E-state index contributed by atoms with van der Waals surface area (Å²) in [5.74, 6) is -0.164. The van der Waals surface area contributed by atoms with Crippen LogP contribution in [0.4, 0.5) is 0 Å². The molecule has 3 aromatic rings. The lowest BCUT2D eigenvalue weighted by Gasteiger charge is -2.08. The number of halogens is 1. The molecule has 1 heterocycles. The molecule has 1 aliphatic heterocycles. The molecule has 0 saturated carbocycles. The average Bonchev–Trinajstić information content (AvgIpc) is 3.52. The number of nitrogens with zero attached hydrogens (tertiary/aromatic N) is 1. The molecule has 29 heavy (non-hydrogen) atoms. The molecule has 1 aliphatic rings. The zero-order chi connectivity index (χ0) is 19.7. The Morgan fingerprint density at radius 2 is 1.55 bits per heavy atom. The predicted octanol–water partition coefficient (Wildman–Crippen LogP) is 4.27. The fourth-order valence-corrected chi connectivity index (χ4v) is 4.06. The van der Waals surface area contributed by atoms with E-state index < -0.39 is 22.2 Å². The number of aryl methyl sites for hydroxylation is 1. The molecule has 0 spiro atoms. The zero-order valence-corrected chi connectivity index (χ0v) is 17.0. The van der Waals surface area contributed by atoms with E-state index in [0.717, 1.165) is 10.0 Å². The number of esters is 1. The van der Waals surface area contributed by atoms with Crippen LogP contribution in [0.1, 0.15) is 27.7 Å². The lowest BCUT2D eigenvalue weighted by molar-refractivity contribution is 0.0733. The maximum atomic E-state index is 12.7. The smallest absolute Gasteiger partial charge is 0.343 e. The topological polar surface area (TPSA) is 76.0 Å². The fourth-order valence-electron chi connectivity index (χ4n) is 2.79. The van der Waals surface area contributed by atoms with Gasteiger partial charge in [-0.2, -0.15) is 0 Å². The van der Waals surface area contributed by atoms with E-state index in [1.807, 2.05) is 19.1 Å². The normalized spacial score (nSPS) is 17.8. The summed E-state index contributed by atoms with van der Waals surface area (Å²) >= 11 is 0. The Morgan fingerprint density at radius 3 is 2.24 bits per heavy atom. The minimum absolute atomic E-state index is 0. The molecule has 8 heteroatoms. The number of hydrogen-bond donors (Lipinski definition) is 0. The summed E-state index contributed by atoms with van der Waals surface area (Å²) in [6.45, 7) is 1.94. The maximum Gasteiger partial charge on any atom is 0.343 e. The molecular formula is C21H18ClNO5S. The second kappa shape index (κ2) is 8.34. The van der Waals surface area contributed by atoms with E-state index in [2.05, 4.69) is 0 Å². The molecule has 0 bridgehead atoms. The molecule has 1 fully saturated rings. The van der Waals surface area contributed by atoms with Gasteiger partial charge < -0.3 is 4.74 Å². The first kappa shape index (κ1) is 21.0. The maximum absolute atomic E-state index is 12.7. The van der Waals surface area contributed by atoms with Crippen molar-refractivity contribution < 1.29 is 22.8 Å². The van der Waals surface area contributed by atoms with Crippen LogP contribution in [0.25, 0.3) is 0 Å². The number of ether oxygens (including phenoxy) is 1. The molecule has 0 aromatic heterocycles. The van der Waals surface area contributed by atoms with Gasteiger partial charge in [0, 0.05) is 5.56 Å². The van der Waals surface area contributed by atoms with Gasteiger partial charge >= 0.3 is 5.97 Å². The van der Waals surface area contributed by atoms with Gasteiger partial charge in [-0.25, -0.2) is 13.2 Å². The molecule has 2 atom stereocenters. The van der Waals surface area contributed by atoms with E-state index in [1.165, 1.54) is 12.1 Å². The Balaban J connectivity index is 0.00000240. The molecule has 1 saturated heterocycles. The Bertz CT molecular complexity index is 1120. The summed E-state index contributed by atoms with van der Waals surface area (Å²) in [5, 5.41) is 0. The van der Waals surface area contributed by atoms with E-state index in [-0.39, 0.29) is 22.9 Å². The minimum Gasteiger partial charge on any atom is -0.423 e. The number of carbonyl (C=O) groups excluding carboxylic acids is 1. The third-order valence-electron chi connectivity index (χ3n) is 4.31. The lowest BCUT2D eigenvalue weighted by atomic mass is 10.1. The van der Waals surface area contributed by atoms with Crippen LogP contribution in [0.15, 0.2) is 83.8 Å². The molecule has 4 rings (SSSR count). The highest BCUT2D eigenvalue weighted by atomic mass is 35.5. The van der Waals surface area contributed by atoms with Crippen LogP contribution in [-0.4, -0.2) is 18.9 Å². The molecule has 0 aliphatic carbocycles. The van der Waals surface area contributed by atoms with Gasteiger partial charge in [-0.3, -0.25) is 4.84 Å². The first-order chi connectivity index (χ1) is 13.5. The van der Waals surface area contributed by atoms with E-state index in [9.17, 15) is 13.2 Å². The van der Waals surface area contributed by atoms with Gasteiger partial charge in [0.15, 0.2) is 6.23 Å². The van der Waals surface area contributed by atoms with Gasteiger partial charge in [0.1, 0.15) is 5.75 Å². The Kier molecular flexibility index (Phi) is 6.04. The van der Waals surface area contributed by atoms with Crippen molar-refractivity contribution in [1.82, 2.24) is 4.47 Å². The quantitative estimate of drug-likeness (QED) is 0.342. The Labute approximate surface area is 175 Å². The van der Waals surface area contributed by atoms with E-state index in [4.69, 9.17) is 9.57 Å². The molecular weight excluding hydrogens is 414 g/mol. The summed E-state index contributed by atoms with van der Waals surface area (Å²) < 4.78 is 31.6. The monoisotopic (exact) mass is 431 g/mol. The van der Waals surface area contributed by atoms with Crippen LogP contribution in [0.2, 0.25) is 0 Å². The molecule has 0 radical (unpaired) electrons. The summed E-state index contributed by atoms with van der Waals surface area (Å²) in [7, 11) is -3.81. The van der Waals surface area contributed by atoms with Crippen LogP contribution >= 0.6 is 12.4 Å². The number of hydrogen-bond acceptors (Lipinski definition) is 5. The fraction of sp³-hybridized carbons (Fsp3) is 0.0952. The predicted molar refractivity (Wildman–Crippen MR) is 109 cm³/mol. The van der Waals surface area contributed by atoms with Crippen molar-refractivity contribution >= 4 is 28.4 Å². The van der Waals surface area contributed by atoms with Crippen molar-refractivity contribution in [2.75, 3.05) is 0 Å². The number of carbonyl (C=O) groups is 1. The summed E-state index contributed by atoms with van der Waals surface area (Å²) in [6, 6.07) is 21.7. The summed E-state index contributed by atoms with van der Waals surface area (Å²) in [6.07, 6.45) is -0.869. The van der Waals surface area contributed by atoms with Gasteiger partial charge in [0.25, 0.3) is 10.0 Å². The third kappa shape index (κ3) is 4.33. The van der Waals surface area contributed by atoms with Gasteiger partial charge in [0.2, 0.25) is 0 Å². The third-order valence-corrected chi connectivity index (χ3v) is 5.93. The van der Waals surface area contributed by atoms with Gasteiger partial charge in [-0.05, 0) is 41.7 Å². The van der Waals surface area contributed by atoms with Crippen molar-refractivity contribution in [1.29, 1.82) is 0 Å². The minimum atomic E-state index is -3.81. The highest BCUT2D eigenvalue weighted by Gasteiger charge is 2.50. The van der Waals surface area contributed by atoms with Crippen molar-refractivity contribution in [2.45, 2.75) is 18.0 Å². The Hall–Kier alpha value is -2.71. The zero-order valence-electron chi connectivity index (χ0n) is 15.4. The summed E-state index contributed by atoms with van der Waals surface area (Å²) in [5.41, 5.74) is 1.73. The number of benzene rings is 3. The van der Waals surface area contributed by atoms with E-state index >= 15 is 0 Å². The van der Waals surface area contributed by atoms with Crippen molar-refractivity contribution in [3.8, 4) is 5.75 Å². The number of rotatable bonds is 5. The highest BCUT2D eigenvalue weighted by molar-refractivity contribution is 7.89. The number of sulfonamides is 1. The first-order valence-electron chi connectivity index (χ1n) is 8.61. The largest absolute Gasteiger partial charge is 0.423 e. The average molecular weight is 432 g/mol. The van der Waals surface area contributed by atoms with E-state index in [0.29, 0.717) is 11.3 Å². The van der Waals surface area contributed by atoms with Crippen LogP contribution in [-0.2, 0) is 14.9 Å².